The summed E-state index contributed by atoms with van der Waals surface area (Å²) >= 11 is 6.23. The minimum absolute atomic E-state index is 0. The van der Waals surface area contributed by atoms with Crippen molar-refractivity contribution in [3.8, 4) is 5.75 Å². The fourth-order valence-electron chi connectivity index (χ4n) is 3.75. The van der Waals surface area contributed by atoms with Gasteiger partial charge in [-0.1, -0.05) is 54.1 Å². The van der Waals surface area contributed by atoms with Gasteiger partial charge in [0.15, 0.2) is 0 Å². The fourth-order valence-corrected chi connectivity index (χ4v) is 4.06. The highest BCUT2D eigenvalue weighted by Crippen LogP contribution is 2.43. The molecule has 1 unspecified atom stereocenters. The summed E-state index contributed by atoms with van der Waals surface area (Å²) in [5, 5.41) is 2.52. The van der Waals surface area contributed by atoms with E-state index >= 15 is 0 Å². The number of hydrogen-bond acceptors (Lipinski definition) is 1. The first-order valence-corrected chi connectivity index (χ1v) is 9.08. The molecular formula is C22H23ClO2. The monoisotopic (exact) mass is 354 g/mol. The normalized spacial score (nSPS) is 15.7. The van der Waals surface area contributed by atoms with Crippen LogP contribution in [0.1, 0.15) is 34.6 Å². The molecule has 25 heavy (non-hydrogen) atoms. The van der Waals surface area contributed by atoms with Crippen LogP contribution in [0.5, 0.6) is 5.75 Å². The summed E-state index contributed by atoms with van der Waals surface area (Å²) < 4.78 is 6.21. The highest BCUT2D eigenvalue weighted by atomic mass is 35.5. The fraction of sp³-hybridized carbons (Fsp3) is 0.273. The zero-order chi connectivity index (χ0) is 16.5. The first-order chi connectivity index (χ1) is 11.8. The zero-order valence-electron chi connectivity index (χ0n) is 14.4. The number of aryl methyl sites for hydroxylation is 2. The molecule has 0 aromatic heterocycles. The predicted molar refractivity (Wildman–Crippen MR) is 105 cm³/mol. The standard InChI is InChI=1S/C22H21ClO.H2O/c1-15-7-10-19-20(11-15)22-17(8-9-18(22)13-23)12-21(19)24-14-16-5-3-2-4-6-16;/h2-7,10-12,18H,8-9,13-14H2,1H3;1H2. The van der Waals surface area contributed by atoms with Gasteiger partial charge in [0.2, 0.25) is 0 Å². The van der Waals surface area contributed by atoms with Crippen LogP contribution in [0, 0.1) is 6.92 Å². The molecule has 0 bridgehead atoms. The molecule has 0 saturated heterocycles. The molecule has 0 heterocycles. The Morgan fingerprint density at radius 1 is 1.04 bits per heavy atom. The van der Waals surface area contributed by atoms with Crippen LogP contribution in [-0.2, 0) is 13.0 Å². The van der Waals surface area contributed by atoms with Crippen molar-refractivity contribution in [1.82, 2.24) is 0 Å². The van der Waals surface area contributed by atoms with Gasteiger partial charge in [-0.25, -0.2) is 0 Å². The van der Waals surface area contributed by atoms with Crippen LogP contribution in [0.2, 0.25) is 0 Å². The van der Waals surface area contributed by atoms with Crippen molar-refractivity contribution in [2.45, 2.75) is 32.3 Å². The number of alkyl halides is 1. The molecule has 3 aromatic carbocycles. The molecule has 2 nitrogen and oxygen atoms in total. The largest absolute Gasteiger partial charge is 0.488 e. The van der Waals surface area contributed by atoms with E-state index < -0.39 is 0 Å². The van der Waals surface area contributed by atoms with Crippen molar-refractivity contribution >= 4 is 22.4 Å². The lowest BCUT2D eigenvalue weighted by Crippen LogP contribution is -2.00. The van der Waals surface area contributed by atoms with Gasteiger partial charge in [0, 0.05) is 11.3 Å². The Kier molecular flexibility index (Phi) is 5.31. The molecule has 0 fully saturated rings. The van der Waals surface area contributed by atoms with E-state index in [0.717, 1.165) is 18.6 Å². The Morgan fingerprint density at radius 3 is 2.60 bits per heavy atom. The summed E-state index contributed by atoms with van der Waals surface area (Å²) in [6, 6.07) is 19.2. The molecule has 3 aromatic rings. The highest BCUT2D eigenvalue weighted by molar-refractivity contribution is 6.18. The van der Waals surface area contributed by atoms with Gasteiger partial charge in [-0.3, -0.25) is 0 Å². The van der Waals surface area contributed by atoms with E-state index in [1.807, 2.05) is 18.2 Å². The van der Waals surface area contributed by atoms with Crippen molar-refractivity contribution in [3.63, 3.8) is 0 Å². The summed E-state index contributed by atoms with van der Waals surface area (Å²) in [5.74, 6) is 2.15. The number of benzene rings is 3. The second-order valence-corrected chi connectivity index (χ2v) is 6.97. The van der Waals surface area contributed by atoms with E-state index in [0.29, 0.717) is 18.4 Å². The maximum Gasteiger partial charge on any atom is 0.127 e. The molecule has 0 amide bonds. The van der Waals surface area contributed by atoms with Crippen LogP contribution in [0.4, 0.5) is 0 Å². The summed E-state index contributed by atoms with van der Waals surface area (Å²) in [4.78, 5) is 0. The van der Waals surface area contributed by atoms with Gasteiger partial charge in [-0.05, 0) is 53.8 Å². The molecule has 0 aliphatic heterocycles. The third kappa shape index (κ3) is 3.37. The molecule has 1 atom stereocenters. The summed E-state index contributed by atoms with van der Waals surface area (Å²) in [6.07, 6.45) is 2.24. The Labute approximate surface area is 153 Å². The van der Waals surface area contributed by atoms with Gasteiger partial charge < -0.3 is 10.2 Å². The number of rotatable bonds is 4. The first kappa shape index (κ1) is 17.8. The minimum Gasteiger partial charge on any atom is -0.488 e. The number of ether oxygens (including phenoxy) is 1. The van der Waals surface area contributed by atoms with E-state index in [1.165, 1.54) is 33.0 Å². The quantitative estimate of drug-likeness (QED) is 0.596. The van der Waals surface area contributed by atoms with Gasteiger partial charge in [0.05, 0.1) is 0 Å². The molecular weight excluding hydrogens is 332 g/mol. The van der Waals surface area contributed by atoms with E-state index in [2.05, 4.69) is 43.3 Å². The van der Waals surface area contributed by atoms with Crippen molar-refractivity contribution in [1.29, 1.82) is 0 Å². The third-order valence-corrected chi connectivity index (χ3v) is 5.35. The van der Waals surface area contributed by atoms with E-state index in [4.69, 9.17) is 16.3 Å². The molecule has 0 radical (unpaired) electrons. The topological polar surface area (TPSA) is 40.7 Å². The van der Waals surface area contributed by atoms with Gasteiger partial charge in [0.1, 0.15) is 12.4 Å². The van der Waals surface area contributed by atoms with Crippen molar-refractivity contribution in [2.75, 3.05) is 5.88 Å². The van der Waals surface area contributed by atoms with Gasteiger partial charge in [0.25, 0.3) is 0 Å². The molecule has 1 aliphatic carbocycles. The number of halogens is 1. The average molecular weight is 355 g/mol. The minimum atomic E-state index is 0. The van der Waals surface area contributed by atoms with E-state index in [-0.39, 0.29) is 5.48 Å². The van der Waals surface area contributed by atoms with Gasteiger partial charge >= 0.3 is 0 Å². The smallest absolute Gasteiger partial charge is 0.127 e. The maximum absolute atomic E-state index is 6.23. The maximum atomic E-state index is 6.23. The SMILES string of the molecule is Cc1ccc2c(OCc3ccccc3)cc3c(c2c1)C(CCl)CC3.O. The highest BCUT2D eigenvalue weighted by Gasteiger charge is 2.25. The Bertz CT molecular complexity index is 874. The lowest BCUT2D eigenvalue weighted by molar-refractivity contribution is 0.310. The second kappa shape index (κ2) is 7.47. The number of hydrogen-bond donors (Lipinski definition) is 0. The molecule has 130 valence electrons. The molecule has 0 saturated carbocycles. The van der Waals surface area contributed by atoms with Crippen molar-refractivity contribution in [2.24, 2.45) is 0 Å². The van der Waals surface area contributed by atoms with E-state index in [9.17, 15) is 0 Å². The Hall–Kier alpha value is -2.03. The third-order valence-electron chi connectivity index (χ3n) is 4.98. The summed E-state index contributed by atoms with van der Waals surface area (Å²) in [5.41, 5.74) is 5.32. The van der Waals surface area contributed by atoms with Crippen molar-refractivity contribution in [3.05, 3.63) is 76.9 Å². The predicted octanol–water partition coefficient (Wildman–Crippen LogP) is 5.17. The van der Waals surface area contributed by atoms with Gasteiger partial charge in [-0.15, -0.1) is 11.6 Å². The summed E-state index contributed by atoms with van der Waals surface area (Å²) in [7, 11) is 0. The lowest BCUT2D eigenvalue weighted by atomic mass is 9.94. The van der Waals surface area contributed by atoms with Crippen LogP contribution in [0.25, 0.3) is 10.8 Å². The summed E-state index contributed by atoms with van der Waals surface area (Å²) in [6.45, 7) is 2.75. The molecule has 3 heteroatoms. The average Bonchev–Trinajstić information content (AvgIpc) is 3.03. The number of fused-ring (bicyclic) bond motifs is 3. The first-order valence-electron chi connectivity index (χ1n) is 8.55. The van der Waals surface area contributed by atoms with Crippen LogP contribution >= 0.6 is 11.6 Å². The molecule has 1 aliphatic rings. The Morgan fingerprint density at radius 2 is 1.84 bits per heavy atom. The molecule has 2 N–H and O–H groups in total. The lowest BCUT2D eigenvalue weighted by Gasteiger charge is -2.16. The zero-order valence-corrected chi connectivity index (χ0v) is 15.1. The van der Waals surface area contributed by atoms with Crippen LogP contribution < -0.4 is 4.74 Å². The van der Waals surface area contributed by atoms with Crippen molar-refractivity contribution < 1.29 is 10.2 Å². The molecule has 0 spiro atoms. The van der Waals surface area contributed by atoms with Crippen LogP contribution in [0.15, 0.2) is 54.6 Å². The van der Waals surface area contributed by atoms with Gasteiger partial charge in [-0.2, -0.15) is 0 Å². The molecule has 4 rings (SSSR count). The van der Waals surface area contributed by atoms with E-state index in [1.54, 1.807) is 0 Å². The Balaban J connectivity index is 0.00000182. The van der Waals surface area contributed by atoms with Crippen LogP contribution in [-0.4, -0.2) is 11.4 Å². The second-order valence-electron chi connectivity index (χ2n) is 6.66. The van der Waals surface area contributed by atoms with Crippen LogP contribution in [0.3, 0.4) is 0 Å².